The number of hydrogen-bond donors (Lipinski definition) is 6. The molecule has 6 N–H and O–H groups in total. The molecule has 2 aromatic rings. The lowest BCUT2D eigenvalue weighted by Gasteiger charge is -2.23. The third-order valence-electron chi connectivity index (χ3n) is 7.50. The highest BCUT2D eigenvalue weighted by atomic mass is 127. The summed E-state index contributed by atoms with van der Waals surface area (Å²) in [5.74, 6) is -7.44. The van der Waals surface area contributed by atoms with Crippen LogP contribution in [0.5, 0.6) is 0 Å². The normalized spacial score (nSPS) is 11.3. The first kappa shape index (κ1) is 58.9. The number of rotatable bonds is 20. The molecule has 2 rings (SSSR count). The summed E-state index contributed by atoms with van der Waals surface area (Å²) in [5, 5.41) is 15.7. The van der Waals surface area contributed by atoms with E-state index >= 15 is 0 Å². The van der Waals surface area contributed by atoms with Crippen molar-refractivity contribution < 1.29 is 81.2 Å². The fraction of sp³-hybridized carbons (Fsp3) is 0.378. The highest BCUT2D eigenvalue weighted by molar-refractivity contribution is 14.1. The van der Waals surface area contributed by atoms with Crippen LogP contribution < -0.4 is 31.9 Å². The number of carbonyl (C=O) groups is 11. The fourth-order valence-electron chi connectivity index (χ4n) is 4.86. The van der Waals surface area contributed by atoms with Crippen LogP contribution in [-0.4, -0.2) is 117 Å². The molecule has 0 aromatic heterocycles. The molecular weight excluding hydrogens is 1560 g/mol. The van der Waals surface area contributed by atoms with Crippen LogP contribution in [0.15, 0.2) is 0 Å². The minimum Gasteiger partial charge on any atom is -0.462 e. The van der Waals surface area contributed by atoms with Gasteiger partial charge in [0.25, 0.3) is 23.6 Å². The number of anilines is 4. The van der Waals surface area contributed by atoms with Gasteiger partial charge in [0.05, 0.1) is 68.4 Å². The second-order valence-corrected chi connectivity index (χ2v) is 19.3. The SMILES string of the molecule is CC(=O)OCC(=O)Nc1c(I)c(NC(=O)Nc2c(I)c(NC(=O)COC(C)=O)c(I)c(C(=O)NCC(COC(C)=O)OC(C)=O)c2I)c(I)c(C(=O)NCC(COC(C)=O)OC(C)=O)c1I. The molecule has 0 fully saturated rings. The molecule has 360 valence electrons. The van der Waals surface area contributed by atoms with E-state index in [1.165, 1.54) is 0 Å². The van der Waals surface area contributed by atoms with Gasteiger partial charge in [-0.3, -0.25) is 47.9 Å². The summed E-state index contributed by atoms with van der Waals surface area (Å²) in [6.07, 6.45) is -2.20. The lowest BCUT2D eigenvalue weighted by molar-refractivity contribution is -0.155. The van der Waals surface area contributed by atoms with Gasteiger partial charge in [0, 0.05) is 41.5 Å². The summed E-state index contributed by atoms with van der Waals surface area (Å²) in [7, 11) is 0. The Labute approximate surface area is 457 Å². The van der Waals surface area contributed by atoms with E-state index in [1.807, 2.05) is 45.2 Å². The average molecular weight is 1600 g/mol. The van der Waals surface area contributed by atoms with Crippen molar-refractivity contribution in [2.75, 3.05) is 60.8 Å². The van der Waals surface area contributed by atoms with E-state index in [0.29, 0.717) is 0 Å². The molecule has 0 aliphatic heterocycles. The van der Waals surface area contributed by atoms with Gasteiger partial charge < -0.3 is 60.3 Å². The van der Waals surface area contributed by atoms with Crippen molar-refractivity contribution in [3.05, 3.63) is 32.5 Å². The van der Waals surface area contributed by atoms with Crippen LogP contribution in [0.3, 0.4) is 0 Å². The first-order chi connectivity index (χ1) is 30.7. The Morgan fingerprint density at radius 1 is 0.409 bits per heavy atom. The molecule has 0 aliphatic carbocycles. The number of esters is 6. The molecule has 29 heteroatoms. The Bertz CT molecular complexity index is 2160. The molecule has 0 spiro atoms. The molecule has 6 amide bonds. The number of carbonyl (C=O) groups excluding carboxylic acids is 11. The molecule has 23 nitrogen and oxygen atoms in total. The van der Waals surface area contributed by atoms with Crippen molar-refractivity contribution in [3.8, 4) is 0 Å². The Balaban J connectivity index is 2.74. The van der Waals surface area contributed by atoms with Crippen molar-refractivity contribution in [1.82, 2.24) is 10.6 Å². The van der Waals surface area contributed by atoms with E-state index < -0.39 is 90.9 Å². The summed E-state index contributed by atoms with van der Waals surface area (Å²) < 4.78 is 30.9. The van der Waals surface area contributed by atoms with Crippen molar-refractivity contribution in [3.63, 3.8) is 0 Å². The Kier molecular flexibility index (Phi) is 25.3. The van der Waals surface area contributed by atoms with Gasteiger partial charge in [-0.1, -0.05) is 0 Å². The van der Waals surface area contributed by atoms with E-state index in [2.05, 4.69) is 31.9 Å². The Morgan fingerprint density at radius 2 is 0.697 bits per heavy atom. The zero-order valence-corrected chi connectivity index (χ0v) is 48.1. The molecule has 2 aromatic carbocycles. The van der Waals surface area contributed by atoms with Crippen LogP contribution in [0.25, 0.3) is 0 Å². The molecule has 0 saturated carbocycles. The van der Waals surface area contributed by atoms with Crippen LogP contribution in [0, 0.1) is 21.4 Å². The van der Waals surface area contributed by atoms with Crippen LogP contribution in [0.4, 0.5) is 27.5 Å². The second-order valence-electron chi connectivity index (χ2n) is 12.9. The third-order valence-corrected chi connectivity index (χ3v) is 14.0. The van der Waals surface area contributed by atoms with E-state index in [1.54, 1.807) is 90.4 Å². The Hall–Kier alpha value is -3.21. The van der Waals surface area contributed by atoms with Crippen molar-refractivity contribution in [2.24, 2.45) is 0 Å². The largest absolute Gasteiger partial charge is 0.462 e. The van der Waals surface area contributed by atoms with Gasteiger partial charge in [0.1, 0.15) is 13.2 Å². The van der Waals surface area contributed by atoms with E-state index in [4.69, 9.17) is 28.4 Å². The number of urea groups is 1. The monoisotopic (exact) mass is 1600 g/mol. The van der Waals surface area contributed by atoms with E-state index in [9.17, 15) is 52.7 Å². The number of halogens is 6. The minimum absolute atomic E-state index is 0.0154. The molecule has 2 atom stereocenters. The van der Waals surface area contributed by atoms with Crippen LogP contribution >= 0.6 is 136 Å². The Morgan fingerprint density at radius 3 is 0.970 bits per heavy atom. The van der Waals surface area contributed by atoms with E-state index in [-0.39, 0.29) is 81.6 Å². The maximum absolute atomic E-state index is 14.1. The second kappa shape index (κ2) is 28.3. The van der Waals surface area contributed by atoms with Gasteiger partial charge in [-0.25, -0.2) is 4.79 Å². The zero-order valence-electron chi connectivity index (χ0n) is 35.1. The molecule has 66 heavy (non-hydrogen) atoms. The lowest BCUT2D eigenvalue weighted by Crippen LogP contribution is -2.38. The van der Waals surface area contributed by atoms with Gasteiger partial charge in [0.15, 0.2) is 25.4 Å². The summed E-state index contributed by atoms with van der Waals surface area (Å²) >= 11 is 10.8. The van der Waals surface area contributed by atoms with Crippen molar-refractivity contribution in [1.29, 1.82) is 0 Å². The van der Waals surface area contributed by atoms with Gasteiger partial charge in [-0.2, -0.15) is 0 Å². The van der Waals surface area contributed by atoms with Gasteiger partial charge in [0.2, 0.25) is 0 Å². The maximum atomic E-state index is 14.1. The fourth-order valence-corrected chi connectivity index (χ4v) is 13.2. The summed E-state index contributed by atoms with van der Waals surface area (Å²) in [4.78, 5) is 137. The predicted molar refractivity (Wildman–Crippen MR) is 281 cm³/mol. The number of nitrogens with one attached hydrogen (secondary N) is 6. The summed E-state index contributed by atoms with van der Waals surface area (Å²) in [6.45, 7) is 3.88. The van der Waals surface area contributed by atoms with Gasteiger partial charge in [-0.05, 0) is 136 Å². The van der Waals surface area contributed by atoms with Crippen molar-refractivity contribution in [2.45, 2.75) is 53.8 Å². The molecular formula is C37H38I6N6O17. The quantitative estimate of drug-likeness (QED) is 0.0608. The van der Waals surface area contributed by atoms with Crippen LogP contribution in [0.2, 0.25) is 0 Å². The molecule has 0 radical (unpaired) electrons. The third kappa shape index (κ3) is 19.1. The van der Waals surface area contributed by atoms with Gasteiger partial charge in [-0.15, -0.1) is 0 Å². The first-order valence-electron chi connectivity index (χ1n) is 18.3. The van der Waals surface area contributed by atoms with Crippen LogP contribution in [0.1, 0.15) is 62.3 Å². The smallest absolute Gasteiger partial charge is 0.323 e. The molecule has 0 saturated heterocycles. The first-order valence-corrected chi connectivity index (χ1v) is 24.7. The molecule has 0 aliphatic rings. The molecule has 0 bridgehead atoms. The highest BCUT2D eigenvalue weighted by Gasteiger charge is 2.31. The molecule has 2 unspecified atom stereocenters. The number of ether oxygens (including phenoxy) is 6. The standard InChI is InChI=1S/C37H38I6N6O17/c1-13(50)61-9-19(65-17(5)54)7-44-35(58)23-25(38)31(46-21(56)11-63-15(3)52)29(42)33(27(23)40)48-37(60)49-34-28(41)24(26(39)32(30(34)43)47-22(57)12-64-16(4)53)36(59)45-8-20(66-18(6)55)10-62-14(2)51/h19-20H,7-12H2,1-6H3,(H,44,58)(H,45,59)(H,46,56)(H,47,57)(H2,48,49,60). The zero-order chi connectivity index (χ0) is 50.2. The summed E-state index contributed by atoms with van der Waals surface area (Å²) in [6, 6.07) is -0.969. The maximum Gasteiger partial charge on any atom is 0.323 e. The number of benzene rings is 2. The van der Waals surface area contributed by atoms with Gasteiger partial charge >= 0.3 is 41.8 Å². The minimum atomic E-state index is -1.10. The van der Waals surface area contributed by atoms with Crippen molar-refractivity contribution >= 4 is 224 Å². The predicted octanol–water partition coefficient (Wildman–Crippen LogP) is 4.41. The highest BCUT2D eigenvalue weighted by Crippen LogP contribution is 2.41. The number of amides is 6. The average Bonchev–Trinajstić information content (AvgIpc) is 3.21. The number of hydrogen-bond acceptors (Lipinski definition) is 17. The topological polar surface area (TPSA) is 315 Å². The lowest BCUT2D eigenvalue weighted by atomic mass is 10.1. The van der Waals surface area contributed by atoms with Crippen LogP contribution in [-0.2, 0) is 66.8 Å². The van der Waals surface area contributed by atoms with E-state index in [0.717, 1.165) is 41.5 Å². The summed E-state index contributed by atoms with van der Waals surface area (Å²) in [5.41, 5.74) is -0.181. The molecule has 0 heterocycles.